The first-order valence-corrected chi connectivity index (χ1v) is 12.8. The Morgan fingerprint density at radius 1 is 0.875 bits per heavy atom. The van der Waals surface area contributed by atoms with Gasteiger partial charge >= 0.3 is 47.5 Å². The van der Waals surface area contributed by atoms with Crippen LogP contribution in [-0.2, 0) is 29.2 Å². The van der Waals surface area contributed by atoms with Crippen LogP contribution in [0.5, 0.6) is 0 Å². The molecule has 0 aromatic carbocycles. The number of hydrogen-bond donors (Lipinski definition) is 2. The van der Waals surface area contributed by atoms with Gasteiger partial charge in [-0.25, -0.2) is 0 Å². The summed E-state index contributed by atoms with van der Waals surface area (Å²) in [7, 11) is -4.97. The van der Waals surface area contributed by atoms with Crippen molar-refractivity contribution >= 4 is 28.0 Å². The summed E-state index contributed by atoms with van der Waals surface area (Å²) in [6, 6.07) is 0. The molecule has 10 heteroatoms. The molecule has 0 fully saturated rings. The van der Waals surface area contributed by atoms with E-state index in [1.165, 1.54) is 38.5 Å². The van der Waals surface area contributed by atoms with E-state index in [4.69, 9.17) is 9.66 Å². The molecule has 0 aromatic heterocycles. The zero-order valence-corrected chi connectivity index (χ0v) is 22.4. The Balaban J connectivity index is -0.00000450. The van der Waals surface area contributed by atoms with Crippen LogP contribution in [0.25, 0.3) is 0 Å². The molecule has 8 nitrogen and oxygen atoms in total. The molecule has 0 saturated carbocycles. The van der Waals surface area contributed by atoms with E-state index >= 15 is 0 Å². The van der Waals surface area contributed by atoms with Crippen molar-refractivity contribution in [3.63, 3.8) is 0 Å². The zero-order valence-electron chi connectivity index (χ0n) is 20.6. The number of carboxylic acid groups (broad SMARTS) is 1. The maximum Gasteiger partial charge on any atom is 1.00 e. The van der Waals surface area contributed by atoms with Gasteiger partial charge in [-0.15, -0.1) is 0 Å². The van der Waals surface area contributed by atoms with Gasteiger partial charge in [0.25, 0.3) is 10.1 Å². The van der Waals surface area contributed by atoms with Gasteiger partial charge in [-0.1, -0.05) is 70.4 Å². The molecule has 0 aliphatic heterocycles. The van der Waals surface area contributed by atoms with E-state index in [-0.39, 0.29) is 37.4 Å². The number of carbonyl (C=O) groups is 3. The Kier molecular flexibility index (Phi) is 21.8. The molecule has 0 rings (SSSR count). The Labute approximate surface area is 216 Å². The fourth-order valence-electron chi connectivity index (χ4n) is 3.04. The number of carboxylic acids is 1. The molecular formula is C22H39NaO8S. The number of esters is 2. The van der Waals surface area contributed by atoms with Crippen LogP contribution in [0.1, 0.15) is 105 Å². The SMILES string of the molecule is CCCCCCCC/C=C\CCCCCCCC(=O)OC(=O)C(CC(=O)O)S(=O)(=O)O.[H-].[Na+]. The summed E-state index contributed by atoms with van der Waals surface area (Å²) in [5, 5.41) is 6.31. The van der Waals surface area contributed by atoms with Crippen LogP contribution in [0.15, 0.2) is 12.2 Å². The van der Waals surface area contributed by atoms with E-state index in [0.717, 1.165) is 38.5 Å². The van der Waals surface area contributed by atoms with Gasteiger partial charge in [0.15, 0.2) is 5.25 Å². The van der Waals surface area contributed by atoms with E-state index in [2.05, 4.69) is 23.8 Å². The average molecular weight is 487 g/mol. The predicted molar refractivity (Wildman–Crippen MR) is 119 cm³/mol. The van der Waals surface area contributed by atoms with Crippen molar-refractivity contribution in [3.05, 3.63) is 12.2 Å². The van der Waals surface area contributed by atoms with Gasteiger partial charge in [-0.05, 0) is 32.1 Å². The van der Waals surface area contributed by atoms with E-state index in [1.54, 1.807) is 0 Å². The maximum absolute atomic E-state index is 11.6. The van der Waals surface area contributed by atoms with Crippen molar-refractivity contribution in [1.29, 1.82) is 0 Å². The molecule has 0 amide bonds. The largest absolute Gasteiger partial charge is 1.00 e. The molecule has 0 aromatic rings. The van der Waals surface area contributed by atoms with E-state index in [1.807, 2.05) is 0 Å². The van der Waals surface area contributed by atoms with Gasteiger partial charge in [0.2, 0.25) is 0 Å². The molecular weight excluding hydrogens is 447 g/mol. The van der Waals surface area contributed by atoms with Gasteiger partial charge in [-0.2, -0.15) is 8.42 Å². The fourth-order valence-corrected chi connectivity index (χ4v) is 3.68. The molecule has 0 bridgehead atoms. The minimum Gasteiger partial charge on any atom is -1.00 e. The zero-order chi connectivity index (χ0) is 23.5. The van der Waals surface area contributed by atoms with E-state index in [9.17, 15) is 22.8 Å². The third kappa shape index (κ3) is 19.9. The summed E-state index contributed by atoms with van der Waals surface area (Å²) in [6.07, 6.45) is 17.5. The molecule has 0 aliphatic carbocycles. The van der Waals surface area contributed by atoms with Crippen molar-refractivity contribution in [2.45, 2.75) is 108 Å². The van der Waals surface area contributed by atoms with Gasteiger partial charge in [0.05, 0.1) is 6.42 Å². The van der Waals surface area contributed by atoms with Crippen molar-refractivity contribution in [2.75, 3.05) is 0 Å². The van der Waals surface area contributed by atoms with Crippen LogP contribution in [-0.4, -0.2) is 41.2 Å². The molecule has 1 atom stereocenters. The molecule has 0 spiro atoms. The molecule has 182 valence electrons. The van der Waals surface area contributed by atoms with E-state index in [0.29, 0.717) is 6.42 Å². The smallest absolute Gasteiger partial charge is 1.00 e. The van der Waals surface area contributed by atoms with Crippen LogP contribution >= 0.6 is 0 Å². The van der Waals surface area contributed by atoms with Crippen molar-refractivity contribution in [1.82, 2.24) is 0 Å². The van der Waals surface area contributed by atoms with Gasteiger partial charge < -0.3 is 11.3 Å². The van der Waals surface area contributed by atoms with Crippen LogP contribution in [0, 0.1) is 0 Å². The second-order valence-corrected chi connectivity index (χ2v) is 9.33. The third-order valence-electron chi connectivity index (χ3n) is 4.84. The Morgan fingerprint density at radius 3 is 1.81 bits per heavy atom. The summed E-state index contributed by atoms with van der Waals surface area (Å²) < 4.78 is 35.4. The molecule has 2 N–H and O–H groups in total. The first-order valence-electron chi connectivity index (χ1n) is 11.3. The summed E-state index contributed by atoms with van der Waals surface area (Å²) in [5.41, 5.74) is 0. The predicted octanol–water partition coefficient (Wildman–Crippen LogP) is 1.94. The number of aliphatic carboxylic acids is 1. The van der Waals surface area contributed by atoms with Crippen LogP contribution in [0.4, 0.5) is 0 Å². The topological polar surface area (TPSA) is 135 Å². The second kappa shape index (κ2) is 20.8. The standard InChI is InChI=1S/C22H38O8S.Na.H/c1-2-3-4-5-6-7-8-9-10-11-12-13-14-15-16-17-21(25)30-22(26)19(18-20(23)24)31(27,28)29;;/h9-10,19H,2-8,11-18H2,1H3,(H,23,24)(H,27,28,29);;/q;+1;-1/b10-9-;;. The van der Waals surface area contributed by atoms with Crippen LogP contribution < -0.4 is 29.6 Å². The van der Waals surface area contributed by atoms with Crippen LogP contribution in [0.2, 0.25) is 0 Å². The first-order chi connectivity index (χ1) is 14.7. The van der Waals surface area contributed by atoms with Gasteiger partial charge in [0.1, 0.15) is 0 Å². The molecule has 0 radical (unpaired) electrons. The number of ether oxygens (including phenoxy) is 1. The summed E-state index contributed by atoms with van der Waals surface area (Å²) >= 11 is 0. The normalized spacial score (nSPS) is 12.3. The van der Waals surface area contributed by atoms with Crippen molar-refractivity contribution < 1.29 is 68.2 Å². The minimum absolute atomic E-state index is 0. The van der Waals surface area contributed by atoms with Gasteiger partial charge in [-0.3, -0.25) is 18.9 Å². The third-order valence-corrected chi connectivity index (χ3v) is 5.92. The molecule has 1 unspecified atom stereocenters. The summed E-state index contributed by atoms with van der Waals surface area (Å²) in [6.45, 7) is 2.22. The Morgan fingerprint density at radius 2 is 1.34 bits per heavy atom. The maximum atomic E-state index is 11.6. The number of hydrogen-bond acceptors (Lipinski definition) is 6. The number of rotatable bonds is 19. The number of allylic oxidation sites excluding steroid dienone is 2. The quantitative estimate of drug-likeness (QED) is 0.0706. The summed E-state index contributed by atoms with van der Waals surface area (Å²) in [5.74, 6) is -4.10. The minimum atomic E-state index is -4.97. The molecule has 0 heterocycles. The molecule has 0 saturated heterocycles. The summed E-state index contributed by atoms with van der Waals surface area (Å²) in [4.78, 5) is 33.9. The van der Waals surface area contributed by atoms with Crippen molar-refractivity contribution in [2.24, 2.45) is 0 Å². The molecule has 0 aliphatic rings. The van der Waals surface area contributed by atoms with Gasteiger partial charge in [0, 0.05) is 6.42 Å². The van der Waals surface area contributed by atoms with E-state index < -0.39 is 39.7 Å². The monoisotopic (exact) mass is 486 g/mol. The fraction of sp³-hybridized carbons (Fsp3) is 0.773. The van der Waals surface area contributed by atoms with Crippen molar-refractivity contribution in [3.8, 4) is 0 Å². The average Bonchev–Trinajstić information content (AvgIpc) is 2.68. The Hall–Kier alpha value is -0.740. The molecule has 32 heavy (non-hydrogen) atoms. The second-order valence-electron chi connectivity index (χ2n) is 7.73. The first kappa shape index (κ1) is 33.4. The number of unbranched alkanes of at least 4 members (excludes halogenated alkanes) is 11. The van der Waals surface area contributed by atoms with Crippen LogP contribution in [0.3, 0.4) is 0 Å². The number of carbonyl (C=O) groups excluding carboxylic acids is 2. The Bertz CT molecular complexity index is 667.